The van der Waals surface area contributed by atoms with Gasteiger partial charge in [-0.05, 0) is 35.4 Å². The molecule has 2 aliphatic rings. The zero-order valence-electron chi connectivity index (χ0n) is 19.0. The zero-order valence-corrected chi connectivity index (χ0v) is 19.0. The summed E-state index contributed by atoms with van der Waals surface area (Å²) in [5.41, 5.74) is 1.10. The van der Waals surface area contributed by atoms with Gasteiger partial charge in [-0.2, -0.15) is 13.2 Å². The highest BCUT2D eigenvalue weighted by Crippen LogP contribution is 2.31. The first kappa shape index (κ1) is 24.9. The van der Waals surface area contributed by atoms with Crippen LogP contribution in [0, 0.1) is 0 Å². The molecule has 2 aliphatic heterocycles. The monoisotopic (exact) mass is 489 g/mol. The van der Waals surface area contributed by atoms with Gasteiger partial charge in [0.25, 0.3) is 5.91 Å². The highest BCUT2D eigenvalue weighted by Gasteiger charge is 2.31. The Hall–Kier alpha value is -3.24. The topological polar surface area (TPSA) is 79.0 Å². The van der Waals surface area contributed by atoms with Crippen LogP contribution in [0.4, 0.5) is 13.2 Å². The van der Waals surface area contributed by atoms with Crippen molar-refractivity contribution in [1.29, 1.82) is 0 Å². The van der Waals surface area contributed by atoms with Crippen LogP contribution in [0.25, 0.3) is 0 Å². The highest BCUT2D eigenvalue weighted by atomic mass is 19.4. The molecule has 4 rings (SSSR count). The van der Waals surface area contributed by atoms with Gasteiger partial charge in [-0.3, -0.25) is 24.2 Å². The molecule has 0 radical (unpaired) electrons. The maximum Gasteiger partial charge on any atom is 0.416 e. The average molecular weight is 489 g/mol. The summed E-state index contributed by atoms with van der Waals surface area (Å²) in [6.45, 7) is 2.60. The average Bonchev–Trinajstić information content (AvgIpc) is 3.17. The number of alkyl halides is 3. The predicted octanol–water partition coefficient (Wildman–Crippen LogP) is 3.16. The lowest BCUT2D eigenvalue weighted by molar-refractivity contribution is -0.139. The summed E-state index contributed by atoms with van der Waals surface area (Å²) < 4.78 is 44.3. The minimum absolute atomic E-state index is 0.173. The number of hydrogen-bond donors (Lipinski definition) is 1. The van der Waals surface area contributed by atoms with Crippen LogP contribution in [0.1, 0.15) is 45.9 Å². The van der Waals surface area contributed by atoms with Crippen LogP contribution in [-0.2, 0) is 27.0 Å². The van der Waals surface area contributed by atoms with Crippen molar-refractivity contribution in [2.45, 2.75) is 31.6 Å². The lowest BCUT2D eigenvalue weighted by Crippen LogP contribution is -2.43. The molecule has 2 heterocycles. The van der Waals surface area contributed by atoms with Crippen molar-refractivity contribution >= 4 is 17.7 Å². The van der Waals surface area contributed by atoms with E-state index in [1.807, 2.05) is 0 Å². The molecule has 7 nitrogen and oxygen atoms in total. The maximum atomic E-state index is 13.0. The molecule has 186 valence electrons. The molecule has 2 aromatic carbocycles. The lowest BCUT2D eigenvalue weighted by Gasteiger charge is -2.35. The van der Waals surface area contributed by atoms with Gasteiger partial charge >= 0.3 is 6.18 Å². The Morgan fingerprint density at radius 3 is 2.11 bits per heavy atom. The quantitative estimate of drug-likeness (QED) is 0.605. The number of ether oxygens (including phenoxy) is 1. The predicted molar refractivity (Wildman–Crippen MR) is 120 cm³/mol. The third kappa shape index (κ3) is 6.07. The fourth-order valence-corrected chi connectivity index (χ4v) is 4.28. The van der Waals surface area contributed by atoms with Crippen molar-refractivity contribution in [3.63, 3.8) is 0 Å². The number of morpholine rings is 1. The van der Waals surface area contributed by atoms with Gasteiger partial charge in [0.05, 0.1) is 31.4 Å². The summed E-state index contributed by atoms with van der Waals surface area (Å²) in [5.74, 6) is -0.724. The Bertz CT molecular complexity index is 1050. The second-order valence-electron chi connectivity index (χ2n) is 8.56. The van der Waals surface area contributed by atoms with E-state index in [1.165, 1.54) is 17.0 Å². The summed E-state index contributed by atoms with van der Waals surface area (Å²) >= 11 is 0. The first-order valence-electron chi connectivity index (χ1n) is 11.4. The van der Waals surface area contributed by atoms with E-state index in [1.54, 1.807) is 24.3 Å². The van der Waals surface area contributed by atoms with Gasteiger partial charge in [0.15, 0.2) is 0 Å². The highest BCUT2D eigenvalue weighted by molar-refractivity contribution is 6.01. The largest absolute Gasteiger partial charge is 0.416 e. The summed E-state index contributed by atoms with van der Waals surface area (Å²) in [5, 5.41) is 2.88. The van der Waals surface area contributed by atoms with E-state index in [0.29, 0.717) is 37.4 Å². The van der Waals surface area contributed by atoms with Gasteiger partial charge < -0.3 is 10.1 Å². The van der Waals surface area contributed by atoms with Crippen LogP contribution in [0.3, 0.4) is 0 Å². The van der Waals surface area contributed by atoms with Crippen molar-refractivity contribution in [3.8, 4) is 0 Å². The fourth-order valence-electron chi connectivity index (χ4n) is 4.28. The molecule has 1 unspecified atom stereocenters. The molecule has 3 amide bonds. The summed E-state index contributed by atoms with van der Waals surface area (Å²) in [7, 11) is 0. The first-order valence-corrected chi connectivity index (χ1v) is 11.4. The number of rotatable bonds is 7. The van der Waals surface area contributed by atoms with E-state index >= 15 is 0 Å². The van der Waals surface area contributed by atoms with Gasteiger partial charge in [-0.1, -0.05) is 24.3 Å². The standard InChI is InChI=1S/C25H26F3N3O4/c26-25(27,28)20-7-5-18(6-8-20)21(30-11-13-35-14-12-30)15-29-24(34)19-3-1-17(2-4-19)16-31-22(32)9-10-23(31)33/h1-8,21H,9-16H2,(H,29,34). The zero-order chi connectivity index (χ0) is 25.0. The summed E-state index contributed by atoms with van der Waals surface area (Å²) in [6.07, 6.45) is -3.96. The van der Waals surface area contributed by atoms with Crippen LogP contribution in [0.2, 0.25) is 0 Å². The van der Waals surface area contributed by atoms with Crippen LogP contribution in [0.5, 0.6) is 0 Å². The SMILES string of the molecule is O=C(NCC(c1ccc(C(F)(F)F)cc1)N1CCOCC1)c1ccc(CN2C(=O)CCC2=O)cc1. The van der Waals surface area contributed by atoms with Gasteiger partial charge in [-0.25, -0.2) is 0 Å². The number of carbonyl (C=O) groups excluding carboxylic acids is 3. The van der Waals surface area contributed by atoms with Gasteiger partial charge in [0, 0.05) is 38.0 Å². The molecule has 1 atom stereocenters. The number of hydrogen-bond acceptors (Lipinski definition) is 5. The number of likely N-dealkylation sites (tertiary alicyclic amines) is 1. The molecule has 2 saturated heterocycles. The third-order valence-corrected chi connectivity index (χ3v) is 6.28. The van der Waals surface area contributed by atoms with Crippen LogP contribution < -0.4 is 5.32 Å². The second kappa shape index (κ2) is 10.6. The smallest absolute Gasteiger partial charge is 0.379 e. The molecule has 2 fully saturated rings. The first-order chi connectivity index (χ1) is 16.7. The number of benzene rings is 2. The van der Waals surface area contributed by atoms with Crippen LogP contribution >= 0.6 is 0 Å². The Morgan fingerprint density at radius 1 is 0.943 bits per heavy atom. The van der Waals surface area contributed by atoms with E-state index in [2.05, 4.69) is 10.2 Å². The fraction of sp³-hybridized carbons (Fsp3) is 0.400. The Kier molecular flexibility index (Phi) is 7.51. The van der Waals surface area contributed by atoms with E-state index in [4.69, 9.17) is 4.74 Å². The molecule has 0 aliphatic carbocycles. The number of imide groups is 1. The molecule has 0 spiro atoms. The van der Waals surface area contributed by atoms with Crippen LogP contribution in [0.15, 0.2) is 48.5 Å². The van der Waals surface area contributed by atoms with Crippen molar-refractivity contribution in [2.75, 3.05) is 32.8 Å². The molecule has 35 heavy (non-hydrogen) atoms. The normalized spacial score (nSPS) is 18.1. The molecule has 10 heteroatoms. The van der Waals surface area contributed by atoms with E-state index in [9.17, 15) is 27.6 Å². The van der Waals surface area contributed by atoms with E-state index in [-0.39, 0.29) is 49.7 Å². The number of halogens is 3. The minimum atomic E-state index is -4.41. The summed E-state index contributed by atoms with van der Waals surface area (Å²) in [4.78, 5) is 39.7. The van der Waals surface area contributed by atoms with Gasteiger partial charge in [0.2, 0.25) is 11.8 Å². The van der Waals surface area contributed by atoms with Gasteiger partial charge in [-0.15, -0.1) is 0 Å². The molecule has 2 aromatic rings. The maximum absolute atomic E-state index is 13.0. The molecule has 1 N–H and O–H groups in total. The van der Waals surface area contributed by atoms with Crippen molar-refractivity contribution in [2.24, 2.45) is 0 Å². The molecular formula is C25H26F3N3O4. The molecule has 0 aromatic heterocycles. The number of nitrogens with zero attached hydrogens (tertiary/aromatic N) is 2. The number of amides is 3. The third-order valence-electron chi connectivity index (χ3n) is 6.28. The number of carbonyl (C=O) groups is 3. The van der Waals surface area contributed by atoms with Crippen molar-refractivity contribution < 1.29 is 32.3 Å². The number of nitrogens with one attached hydrogen (secondary N) is 1. The molecular weight excluding hydrogens is 463 g/mol. The second-order valence-corrected chi connectivity index (χ2v) is 8.56. The Labute approximate surface area is 200 Å². The van der Waals surface area contributed by atoms with Crippen LogP contribution in [-0.4, -0.2) is 60.4 Å². The minimum Gasteiger partial charge on any atom is -0.379 e. The Morgan fingerprint density at radius 2 is 1.54 bits per heavy atom. The van der Waals surface area contributed by atoms with Gasteiger partial charge in [0.1, 0.15) is 0 Å². The molecule has 0 saturated carbocycles. The molecule has 0 bridgehead atoms. The van der Waals surface area contributed by atoms with E-state index in [0.717, 1.165) is 17.7 Å². The lowest BCUT2D eigenvalue weighted by atomic mass is 10.0. The van der Waals surface area contributed by atoms with Crippen molar-refractivity contribution in [3.05, 3.63) is 70.8 Å². The summed E-state index contributed by atoms with van der Waals surface area (Å²) in [6, 6.07) is 11.3. The Balaban J connectivity index is 1.42. The van der Waals surface area contributed by atoms with Crippen molar-refractivity contribution in [1.82, 2.24) is 15.1 Å². The van der Waals surface area contributed by atoms with E-state index < -0.39 is 11.7 Å².